The van der Waals surface area contributed by atoms with Crippen molar-refractivity contribution in [3.63, 3.8) is 0 Å². The van der Waals surface area contributed by atoms with E-state index in [2.05, 4.69) is 15.9 Å². The van der Waals surface area contributed by atoms with E-state index < -0.39 is 0 Å². The molecule has 0 aliphatic carbocycles. The van der Waals surface area contributed by atoms with E-state index in [0.29, 0.717) is 19.5 Å². The van der Waals surface area contributed by atoms with Crippen LogP contribution in [0.4, 0.5) is 0 Å². The molecule has 0 aliphatic rings. The van der Waals surface area contributed by atoms with Gasteiger partial charge in [-0.1, -0.05) is 28.1 Å². The molecule has 1 aromatic carbocycles. The molecule has 0 bridgehead atoms. The zero-order valence-electron chi connectivity index (χ0n) is 12.4. The van der Waals surface area contributed by atoms with E-state index in [0.717, 1.165) is 21.6 Å². The molecular formula is C18H16BrNO3. The third-order valence-corrected chi connectivity index (χ3v) is 4.00. The van der Waals surface area contributed by atoms with Crippen molar-refractivity contribution in [3.8, 4) is 0 Å². The molecule has 5 heteroatoms. The summed E-state index contributed by atoms with van der Waals surface area (Å²) in [6.45, 7) is 0.839. The molecule has 0 atom stereocenters. The van der Waals surface area contributed by atoms with Crippen LogP contribution in [-0.2, 0) is 24.3 Å². The largest absolute Gasteiger partial charge is 0.467 e. The Morgan fingerprint density at radius 1 is 0.913 bits per heavy atom. The summed E-state index contributed by atoms with van der Waals surface area (Å²) >= 11 is 3.40. The lowest BCUT2D eigenvalue weighted by Gasteiger charge is -2.20. The summed E-state index contributed by atoms with van der Waals surface area (Å²) in [5.74, 6) is 1.53. The maximum atomic E-state index is 12.7. The van der Waals surface area contributed by atoms with Gasteiger partial charge in [0.15, 0.2) is 0 Å². The van der Waals surface area contributed by atoms with Gasteiger partial charge in [-0.05, 0) is 42.0 Å². The van der Waals surface area contributed by atoms with Crippen LogP contribution in [0.5, 0.6) is 0 Å². The van der Waals surface area contributed by atoms with Gasteiger partial charge in [0.2, 0.25) is 5.91 Å². The van der Waals surface area contributed by atoms with Crippen LogP contribution >= 0.6 is 15.9 Å². The molecule has 0 saturated carbocycles. The third-order valence-electron chi connectivity index (χ3n) is 3.47. The summed E-state index contributed by atoms with van der Waals surface area (Å²) in [5.41, 5.74) is 0.974. The highest BCUT2D eigenvalue weighted by Gasteiger charge is 2.17. The molecule has 0 saturated heterocycles. The predicted octanol–water partition coefficient (Wildman–Crippen LogP) is 4.41. The van der Waals surface area contributed by atoms with Gasteiger partial charge in [-0.25, -0.2) is 0 Å². The predicted molar refractivity (Wildman–Crippen MR) is 89.5 cm³/mol. The van der Waals surface area contributed by atoms with Crippen molar-refractivity contribution in [2.75, 3.05) is 0 Å². The summed E-state index contributed by atoms with van der Waals surface area (Å²) in [7, 11) is 0. The van der Waals surface area contributed by atoms with Crippen molar-refractivity contribution < 1.29 is 13.6 Å². The van der Waals surface area contributed by atoms with Crippen molar-refractivity contribution in [1.29, 1.82) is 0 Å². The Morgan fingerprint density at radius 3 is 1.96 bits per heavy atom. The Morgan fingerprint density at radius 2 is 1.48 bits per heavy atom. The second-order valence-electron chi connectivity index (χ2n) is 5.21. The van der Waals surface area contributed by atoms with E-state index in [-0.39, 0.29) is 5.91 Å². The molecular weight excluding hydrogens is 358 g/mol. The number of furan rings is 2. The second-order valence-corrected chi connectivity index (χ2v) is 6.13. The number of nitrogens with zero attached hydrogens (tertiary/aromatic N) is 1. The minimum absolute atomic E-state index is 0.0279. The fraction of sp³-hybridized carbons (Fsp3) is 0.167. The van der Waals surface area contributed by atoms with Crippen LogP contribution in [0.2, 0.25) is 0 Å². The number of amides is 1. The fourth-order valence-corrected chi connectivity index (χ4v) is 2.57. The van der Waals surface area contributed by atoms with E-state index in [1.54, 1.807) is 17.4 Å². The number of benzene rings is 1. The molecule has 0 N–H and O–H groups in total. The van der Waals surface area contributed by atoms with E-state index >= 15 is 0 Å². The van der Waals surface area contributed by atoms with Crippen LogP contribution in [-0.4, -0.2) is 10.8 Å². The molecule has 23 heavy (non-hydrogen) atoms. The Balaban J connectivity index is 1.73. The summed E-state index contributed by atoms with van der Waals surface area (Å²) in [4.78, 5) is 14.4. The number of hydrogen-bond donors (Lipinski definition) is 0. The minimum atomic E-state index is 0.0279. The molecule has 0 radical (unpaired) electrons. The molecule has 2 aromatic heterocycles. The Bertz CT molecular complexity index is 697. The molecule has 3 aromatic rings. The molecule has 0 fully saturated rings. The van der Waals surface area contributed by atoms with E-state index in [1.165, 1.54) is 0 Å². The highest BCUT2D eigenvalue weighted by Crippen LogP contribution is 2.15. The first-order valence-corrected chi connectivity index (χ1v) is 8.07. The lowest BCUT2D eigenvalue weighted by molar-refractivity contribution is -0.132. The molecule has 1 amide bonds. The van der Waals surface area contributed by atoms with Crippen molar-refractivity contribution in [2.24, 2.45) is 0 Å². The molecule has 3 rings (SSSR count). The average Bonchev–Trinajstić information content (AvgIpc) is 3.22. The topological polar surface area (TPSA) is 46.6 Å². The molecule has 0 unspecified atom stereocenters. The summed E-state index contributed by atoms with van der Waals surface area (Å²) in [6, 6.07) is 15.1. The lowest BCUT2D eigenvalue weighted by atomic mass is 10.1. The quantitative estimate of drug-likeness (QED) is 0.642. The fourth-order valence-electron chi connectivity index (χ4n) is 2.30. The van der Waals surface area contributed by atoms with Crippen LogP contribution in [0.1, 0.15) is 17.1 Å². The summed E-state index contributed by atoms with van der Waals surface area (Å²) in [6.07, 6.45) is 3.56. The first-order chi connectivity index (χ1) is 11.2. The number of halogens is 1. The number of carbonyl (C=O) groups excluding carboxylic acids is 1. The van der Waals surface area contributed by atoms with Gasteiger partial charge in [-0.3, -0.25) is 4.79 Å². The van der Waals surface area contributed by atoms with Gasteiger partial charge >= 0.3 is 0 Å². The first-order valence-electron chi connectivity index (χ1n) is 7.28. The standard InChI is InChI=1S/C18H16BrNO3/c19-15-7-5-14(6-8-15)11-18(21)20(12-16-3-1-9-22-16)13-17-4-2-10-23-17/h1-10H,11-13H2. The van der Waals surface area contributed by atoms with E-state index in [9.17, 15) is 4.79 Å². The van der Waals surface area contributed by atoms with Crippen LogP contribution in [0.25, 0.3) is 0 Å². The molecule has 4 nitrogen and oxygen atoms in total. The first kappa shape index (κ1) is 15.6. The van der Waals surface area contributed by atoms with Crippen LogP contribution < -0.4 is 0 Å². The van der Waals surface area contributed by atoms with Gasteiger partial charge in [-0.2, -0.15) is 0 Å². The van der Waals surface area contributed by atoms with Gasteiger partial charge in [0.1, 0.15) is 11.5 Å². The van der Waals surface area contributed by atoms with Crippen LogP contribution in [0.15, 0.2) is 74.4 Å². The third kappa shape index (κ3) is 4.36. The van der Waals surface area contributed by atoms with Gasteiger partial charge in [0.05, 0.1) is 32.0 Å². The van der Waals surface area contributed by atoms with Gasteiger partial charge < -0.3 is 13.7 Å². The maximum Gasteiger partial charge on any atom is 0.227 e. The molecule has 118 valence electrons. The Kier molecular flexibility index (Phi) is 4.98. The summed E-state index contributed by atoms with van der Waals surface area (Å²) in [5, 5.41) is 0. The van der Waals surface area contributed by atoms with Crippen LogP contribution in [0.3, 0.4) is 0 Å². The number of carbonyl (C=O) groups is 1. The monoisotopic (exact) mass is 373 g/mol. The zero-order valence-corrected chi connectivity index (χ0v) is 14.0. The number of hydrogen-bond acceptors (Lipinski definition) is 3. The Hall–Kier alpha value is -2.27. The van der Waals surface area contributed by atoms with Crippen molar-refractivity contribution in [2.45, 2.75) is 19.5 Å². The highest BCUT2D eigenvalue weighted by molar-refractivity contribution is 9.10. The Labute approximate surface area is 142 Å². The molecule has 2 heterocycles. The lowest BCUT2D eigenvalue weighted by Crippen LogP contribution is -2.31. The van der Waals surface area contributed by atoms with E-state index in [4.69, 9.17) is 8.83 Å². The van der Waals surface area contributed by atoms with E-state index in [1.807, 2.05) is 48.5 Å². The van der Waals surface area contributed by atoms with Crippen LogP contribution in [0, 0.1) is 0 Å². The van der Waals surface area contributed by atoms with Gasteiger partial charge in [-0.15, -0.1) is 0 Å². The zero-order chi connectivity index (χ0) is 16.1. The normalized spacial score (nSPS) is 10.7. The van der Waals surface area contributed by atoms with Crippen molar-refractivity contribution in [1.82, 2.24) is 4.90 Å². The smallest absolute Gasteiger partial charge is 0.227 e. The average molecular weight is 374 g/mol. The number of rotatable bonds is 6. The highest BCUT2D eigenvalue weighted by atomic mass is 79.9. The molecule has 0 spiro atoms. The SMILES string of the molecule is O=C(Cc1ccc(Br)cc1)N(Cc1ccco1)Cc1ccco1. The molecule has 0 aliphatic heterocycles. The maximum absolute atomic E-state index is 12.7. The van der Waals surface area contributed by atoms with Gasteiger partial charge in [0.25, 0.3) is 0 Å². The van der Waals surface area contributed by atoms with Crippen molar-refractivity contribution in [3.05, 3.63) is 82.6 Å². The summed E-state index contributed by atoms with van der Waals surface area (Å²) < 4.78 is 11.7. The van der Waals surface area contributed by atoms with Gasteiger partial charge in [0, 0.05) is 4.47 Å². The second kappa shape index (κ2) is 7.33. The van der Waals surface area contributed by atoms with Crippen molar-refractivity contribution >= 4 is 21.8 Å². The minimum Gasteiger partial charge on any atom is -0.467 e.